The van der Waals surface area contributed by atoms with E-state index >= 15 is 0 Å². The van der Waals surface area contributed by atoms with Gasteiger partial charge in [0.1, 0.15) is 5.75 Å². The van der Waals surface area contributed by atoms with Gasteiger partial charge in [0.25, 0.3) is 5.91 Å². The quantitative estimate of drug-likeness (QED) is 0.851. The van der Waals surface area contributed by atoms with Gasteiger partial charge in [0.05, 0.1) is 11.8 Å². The Morgan fingerprint density at radius 1 is 1.28 bits per heavy atom. The third-order valence-corrected chi connectivity index (χ3v) is 2.84. The lowest BCUT2D eigenvalue weighted by Gasteiger charge is -2.10. The summed E-state index contributed by atoms with van der Waals surface area (Å²) in [6.07, 6.45) is 2.70. The third kappa shape index (κ3) is 2.48. The molecule has 0 bridgehead atoms. The molecule has 92 valence electrons. The third-order valence-electron chi connectivity index (χ3n) is 2.84. The molecule has 0 unspecified atom stereocenters. The number of anilines is 1. The van der Waals surface area contributed by atoms with Gasteiger partial charge in [-0.1, -0.05) is 12.1 Å². The van der Waals surface area contributed by atoms with Gasteiger partial charge in [-0.15, -0.1) is 0 Å². The summed E-state index contributed by atoms with van der Waals surface area (Å²) in [6, 6.07) is 7.10. The summed E-state index contributed by atoms with van der Waals surface area (Å²) in [5.74, 6) is -0.310. The molecule has 0 aliphatic rings. The van der Waals surface area contributed by atoms with Crippen molar-refractivity contribution >= 4 is 11.6 Å². The Morgan fingerprint density at radius 2 is 2.06 bits per heavy atom. The van der Waals surface area contributed by atoms with Crippen LogP contribution >= 0.6 is 0 Å². The lowest BCUT2D eigenvalue weighted by molar-refractivity contribution is 0.102. The van der Waals surface area contributed by atoms with Crippen LogP contribution in [-0.2, 0) is 0 Å². The van der Waals surface area contributed by atoms with Crippen LogP contribution in [0.3, 0.4) is 0 Å². The molecule has 1 aromatic heterocycles. The van der Waals surface area contributed by atoms with E-state index in [0.717, 1.165) is 16.8 Å². The maximum absolute atomic E-state index is 12.0. The summed E-state index contributed by atoms with van der Waals surface area (Å²) in [5, 5.41) is 12.1. The van der Waals surface area contributed by atoms with Gasteiger partial charge in [-0.2, -0.15) is 0 Å². The topological polar surface area (TPSA) is 62.2 Å². The Hall–Kier alpha value is -2.36. The SMILES string of the molecule is Cc1cccc(NC(=O)c2cncc(O)c2)c1C. The van der Waals surface area contributed by atoms with Gasteiger partial charge in [-0.3, -0.25) is 9.78 Å². The average Bonchev–Trinajstić information content (AvgIpc) is 2.35. The predicted molar refractivity (Wildman–Crippen MR) is 69.8 cm³/mol. The Labute approximate surface area is 105 Å². The van der Waals surface area contributed by atoms with Gasteiger partial charge < -0.3 is 10.4 Å². The van der Waals surface area contributed by atoms with E-state index in [1.54, 1.807) is 0 Å². The molecule has 2 N–H and O–H groups in total. The van der Waals surface area contributed by atoms with Crippen LogP contribution in [0.1, 0.15) is 21.5 Å². The van der Waals surface area contributed by atoms with E-state index in [-0.39, 0.29) is 11.7 Å². The minimum absolute atomic E-state index is 0.0244. The van der Waals surface area contributed by atoms with E-state index in [4.69, 9.17) is 0 Å². The first kappa shape index (κ1) is 12.1. The number of hydrogen-bond acceptors (Lipinski definition) is 3. The number of aromatic nitrogens is 1. The van der Waals surface area contributed by atoms with Crippen molar-refractivity contribution in [1.82, 2.24) is 4.98 Å². The van der Waals surface area contributed by atoms with Gasteiger partial charge in [-0.05, 0) is 37.1 Å². The number of benzene rings is 1. The van der Waals surface area contributed by atoms with Gasteiger partial charge >= 0.3 is 0 Å². The number of amides is 1. The maximum Gasteiger partial charge on any atom is 0.257 e. The molecule has 2 rings (SSSR count). The largest absolute Gasteiger partial charge is 0.506 e. The smallest absolute Gasteiger partial charge is 0.257 e. The lowest BCUT2D eigenvalue weighted by atomic mass is 10.1. The second-order valence-electron chi connectivity index (χ2n) is 4.13. The second kappa shape index (κ2) is 4.87. The van der Waals surface area contributed by atoms with Crippen molar-refractivity contribution in [3.05, 3.63) is 53.3 Å². The fourth-order valence-electron chi connectivity index (χ4n) is 1.63. The summed E-state index contributed by atoms with van der Waals surface area (Å²) in [7, 11) is 0. The molecule has 18 heavy (non-hydrogen) atoms. The highest BCUT2D eigenvalue weighted by molar-refractivity contribution is 6.04. The van der Waals surface area contributed by atoms with Crippen molar-refractivity contribution in [2.45, 2.75) is 13.8 Å². The van der Waals surface area contributed by atoms with Crippen LogP contribution in [0, 0.1) is 13.8 Å². The van der Waals surface area contributed by atoms with E-state index < -0.39 is 0 Å². The van der Waals surface area contributed by atoms with Crippen LogP contribution < -0.4 is 5.32 Å². The molecule has 0 radical (unpaired) electrons. The lowest BCUT2D eigenvalue weighted by Crippen LogP contribution is -2.13. The number of rotatable bonds is 2. The molecule has 4 nitrogen and oxygen atoms in total. The molecule has 1 amide bonds. The molecule has 1 aromatic carbocycles. The Bertz CT molecular complexity index is 594. The summed E-state index contributed by atoms with van der Waals surface area (Å²) in [4.78, 5) is 15.7. The zero-order chi connectivity index (χ0) is 13.1. The fraction of sp³-hybridized carbons (Fsp3) is 0.143. The van der Waals surface area contributed by atoms with Crippen molar-refractivity contribution in [2.75, 3.05) is 5.32 Å². The Morgan fingerprint density at radius 3 is 2.78 bits per heavy atom. The van der Waals surface area contributed by atoms with Crippen molar-refractivity contribution in [1.29, 1.82) is 0 Å². The molecule has 0 aliphatic heterocycles. The van der Waals surface area contributed by atoms with E-state index in [1.807, 2.05) is 32.0 Å². The molecule has 0 saturated carbocycles. The number of hydrogen-bond donors (Lipinski definition) is 2. The van der Waals surface area contributed by atoms with Gasteiger partial charge in [0, 0.05) is 11.9 Å². The summed E-state index contributed by atoms with van der Waals surface area (Å²) in [6.45, 7) is 3.94. The minimum atomic E-state index is -0.285. The van der Waals surface area contributed by atoms with Crippen LogP contribution in [0.15, 0.2) is 36.7 Å². The van der Waals surface area contributed by atoms with Crippen LogP contribution in [-0.4, -0.2) is 16.0 Å². The van der Waals surface area contributed by atoms with Crippen molar-refractivity contribution in [3.8, 4) is 5.75 Å². The zero-order valence-corrected chi connectivity index (χ0v) is 10.3. The number of aromatic hydroxyl groups is 1. The monoisotopic (exact) mass is 242 g/mol. The molecule has 1 heterocycles. The molecule has 0 atom stereocenters. The number of nitrogens with zero attached hydrogens (tertiary/aromatic N) is 1. The maximum atomic E-state index is 12.0. The number of aryl methyl sites for hydroxylation is 1. The summed E-state index contributed by atoms with van der Waals surface area (Å²) < 4.78 is 0. The first-order chi connectivity index (χ1) is 8.58. The molecule has 0 aliphatic carbocycles. The molecule has 0 saturated heterocycles. The highest BCUT2D eigenvalue weighted by atomic mass is 16.3. The fourth-order valence-corrected chi connectivity index (χ4v) is 1.63. The van der Waals surface area contributed by atoms with Crippen molar-refractivity contribution in [2.24, 2.45) is 0 Å². The number of pyridine rings is 1. The standard InChI is InChI=1S/C14H14N2O2/c1-9-4-3-5-13(10(9)2)16-14(18)11-6-12(17)8-15-7-11/h3-8,17H,1-2H3,(H,16,18). The van der Waals surface area contributed by atoms with E-state index in [2.05, 4.69) is 10.3 Å². The van der Waals surface area contributed by atoms with E-state index in [9.17, 15) is 9.90 Å². The zero-order valence-electron chi connectivity index (χ0n) is 10.3. The Kier molecular flexibility index (Phi) is 3.28. The predicted octanol–water partition coefficient (Wildman–Crippen LogP) is 2.66. The van der Waals surface area contributed by atoms with E-state index in [0.29, 0.717) is 5.56 Å². The van der Waals surface area contributed by atoms with Gasteiger partial charge in [0.15, 0.2) is 0 Å². The summed E-state index contributed by atoms with van der Waals surface area (Å²) >= 11 is 0. The van der Waals surface area contributed by atoms with Crippen LogP contribution in [0.2, 0.25) is 0 Å². The average molecular weight is 242 g/mol. The van der Waals surface area contributed by atoms with E-state index in [1.165, 1.54) is 18.5 Å². The second-order valence-corrected chi connectivity index (χ2v) is 4.13. The molecule has 0 spiro atoms. The summed E-state index contributed by atoms with van der Waals surface area (Å²) in [5.41, 5.74) is 3.24. The highest BCUT2D eigenvalue weighted by Gasteiger charge is 2.09. The highest BCUT2D eigenvalue weighted by Crippen LogP contribution is 2.19. The number of nitrogens with one attached hydrogen (secondary N) is 1. The van der Waals surface area contributed by atoms with Crippen LogP contribution in [0.5, 0.6) is 5.75 Å². The molecule has 2 aromatic rings. The van der Waals surface area contributed by atoms with Crippen LogP contribution in [0.4, 0.5) is 5.69 Å². The normalized spacial score (nSPS) is 10.1. The first-order valence-corrected chi connectivity index (χ1v) is 5.59. The molecular formula is C14H14N2O2. The molecule has 0 fully saturated rings. The molecular weight excluding hydrogens is 228 g/mol. The van der Waals surface area contributed by atoms with Crippen molar-refractivity contribution < 1.29 is 9.90 Å². The number of carbonyl (C=O) groups excluding carboxylic acids is 1. The van der Waals surface area contributed by atoms with Gasteiger partial charge in [-0.25, -0.2) is 0 Å². The number of carbonyl (C=O) groups is 1. The minimum Gasteiger partial charge on any atom is -0.506 e. The molecule has 4 heteroatoms. The Balaban J connectivity index is 2.24. The van der Waals surface area contributed by atoms with Crippen molar-refractivity contribution in [3.63, 3.8) is 0 Å². The first-order valence-electron chi connectivity index (χ1n) is 5.59. The van der Waals surface area contributed by atoms with Crippen LogP contribution in [0.25, 0.3) is 0 Å². The van der Waals surface area contributed by atoms with Gasteiger partial charge in [0.2, 0.25) is 0 Å².